The fourth-order valence-electron chi connectivity index (χ4n) is 4.35. The van der Waals surface area contributed by atoms with Crippen molar-refractivity contribution in [2.24, 2.45) is 0 Å². The van der Waals surface area contributed by atoms with Crippen molar-refractivity contribution in [1.82, 2.24) is 9.80 Å². The smallest absolute Gasteiger partial charge is 0.254 e. The summed E-state index contributed by atoms with van der Waals surface area (Å²) in [6.07, 6.45) is 3.25. The van der Waals surface area contributed by atoms with Crippen molar-refractivity contribution in [2.45, 2.75) is 66.1 Å². The summed E-state index contributed by atoms with van der Waals surface area (Å²) in [6, 6.07) is 17.0. The first-order chi connectivity index (χ1) is 17.8. The molecule has 0 unspecified atom stereocenters. The van der Waals surface area contributed by atoms with E-state index in [-0.39, 0.29) is 31.2 Å². The molecule has 0 radical (unpaired) electrons. The summed E-state index contributed by atoms with van der Waals surface area (Å²) >= 11 is 0. The van der Waals surface area contributed by atoms with Crippen LogP contribution in [-0.4, -0.2) is 41.0 Å². The lowest BCUT2D eigenvalue weighted by molar-refractivity contribution is -0.133. The monoisotopic (exact) mass is 504 g/mol. The molecule has 196 valence electrons. The first-order valence-electron chi connectivity index (χ1n) is 13.0. The third-order valence-electron chi connectivity index (χ3n) is 6.52. The SMILES string of the molecule is CCCCc1ccc(C(=O)N(CC(=O)N(Cc2ccc3c(c2)OCO3)Cc2ccc(C)o2)C(C)C)cc1. The molecule has 0 saturated carbocycles. The second kappa shape index (κ2) is 12.0. The summed E-state index contributed by atoms with van der Waals surface area (Å²) in [5.74, 6) is 2.53. The fourth-order valence-corrected chi connectivity index (χ4v) is 4.35. The van der Waals surface area contributed by atoms with Crippen LogP contribution in [0.5, 0.6) is 11.5 Å². The summed E-state index contributed by atoms with van der Waals surface area (Å²) in [6.45, 7) is 8.71. The molecule has 1 aliphatic rings. The van der Waals surface area contributed by atoms with E-state index in [1.54, 1.807) is 9.80 Å². The Kier molecular flexibility index (Phi) is 8.54. The highest BCUT2D eigenvalue weighted by Crippen LogP contribution is 2.33. The van der Waals surface area contributed by atoms with Gasteiger partial charge in [-0.2, -0.15) is 0 Å². The standard InChI is InChI=1S/C30H36N2O5/c1-5-6-7-23-9-12-25(13-10-23)30(34)32(21(2)3)19-29(33)31(18-26-14-8-22(4)37-26)17-24-11-15-27-28(16-24)36-20-35-27/h8-16,21H,5-7,17-20H2,1-4H3. The van der Waals surface area contributed by atoms with Crippen LogP contribution in [0.1, 0.15) is 66.6 Å². The van der Waals surface area contributed by atoms with Gasteiger partial charge < -0.3 is 23.7 Å². The van der Waals surface area contributed by atoms with Crippen molar-refractivity contribution < 1.29 is 23.5 Å². The summed E-state index contributed by atoms with van der Waals surface area (Å²) in [4.78, 5) is 30.4. The maximum Gasteiger partial charge on any atom is 0.254 e. The molecular weight excluding hydrogens is 468 g/mol. The van der Waals surface area contributed by atoms with E-state index in [2.05, 4.69) is 6.92 Å². The van der Waals surface area contributed by atoms with E-state index in [4.69, 9.17) is 13.9 Å². The Labute approximate surface area is 219 Å². The second-order valence-corrected chi connectivity index (χ2v) is 9.78. The van der Waals surface area contributed by atoms with Crippen LogP contribution in [0.15, 0.2) is 59.0 Å². The van der Waals surface area contributed by atoms with Crippen molar-refractivity contribution in [3.05, 3.63) is 82.8 Å². The number of carbonyl (C=O) groups excluding carboxylic acids is 2. The van der Waals surface area contributed by atoms with Crippen molar-refractivity contribution in [3.63, 3.8) is 0 Å². The van der Waals surface area contributed by atoms with Gasteiger partial charge in [0.1, 0.15) is 18.1 Å². The number of ether oxygens (including phenoxy) is 2. The molecule has 1 aromatic heterocycles. The molecule has 0 bridgehead atoms. The number of carbonyl (C=O) groups is 2. The van der Waals surface area contributed by atoms with Crippen molar-refractivity contribution in [1.29, 1.82) is 0 Å². The quantitative estimate of drug-likeness (QED) is 0.333. The Bertz CT molecular complexity index is 1210. The molecule has 1 aliphatic heterocycles. The van der Waals surface area contributed by atoms with Crippen LogP contribution in [-0.2, 0) is 24.3 Å². The van der Waals surface area contributed by atoms with Gasteiger partial charge in [0.25, 0.3) is 5.91 Å². The van der Waals surface area contributed by atoms with Crippen LogP contribution in [0.4, 0.5) is 0 Å². The third-order valence-corrected chi connectivity index (χ3v) is 6.52. The Morgan fingerprint density at radius 1 is 0.919 bits per heavy atom. The van der Waals surface area contributed by atoms with E-state index in [9.17, 15) is 9.59 Å². The van der Waals surface area contributed by atoms with Gasteiger partial charge in [0.05, 0.1) is 6.54 Å². The van der Waals surface area contributed by atoms with Gasteiger partial charge in [0.15, 0.2) is 11.5 Å². The number of aryl methyl sites for hydroxylation is 2. The number of hydrogen-bond donors (Lipinski definition) is 0. The van der Waals surface area contributed by atoms with Gasteiger partial charge in [0.2, 0.25) is 12.7 Å². The number of rotatable bonds is 11. The molecule has 0 aliphatic carbocycles. The zero-order valence-electron chi connectivity index (χ0n) is 22.2. The molecular formula is C30H36N2O5. The highest BCUT2D eigenvalue weighted by Gasteiger charge is 2.26. The fraction of sp³-hybridized carbons (Fsp3) is 0.400. The Morgan fingerprint density at radius 3 is 2.32 bits per heavy atom. The molecule has 2 amide bonds. The molecule has 0 saturated heterocycles. The molecule has 0 atom stereocenters. The largest absolute Gasteiger partial charge is 0.464 e. The zero-order valence-corrected chi connectivity index (χ0v) is 22.2. The average Bonchev–Trinajstić information content (AvgIpc) is 3.53. The Morgan fingerprint density at radius 2 is 1.65 bits per heavy atom. The van der Waals surface area contributed by atoms with Gasteiger partial charge >= 0.3 is 0 Å². The van der Waals surface area contributed by atoms with Gasteiger partial charge in [-0.1, -0.05) is 31.5 Å². The normalized spacial score (nSPS) is 12.1. The molecule has 0 spiro atoms. The number of fused-ring (bicyclic) bond motifs is 1. The minimum Gasteiger partial charge on any atom is -0.464 e. The van der Waals surface area contributed by atoms with Crippen LogP contribution in [0, 0.1) is 6.92 Å². The van der Waals surface area contributed by atoms with Crippen molar-refractivity contribution in [2.75, 3.05) is 13.3 Å². The molecule has 4 rings (SSSR count). The van der Waals surface area contributed by atoms with Gasteiger partial charge in [-0.3, -0.25) is 9.59 Å². The first kappa shape index (κ1) is 26.3. The lowest BCUT2D eigenvalue weighted by Gasteiger charge is -2.30. The van der Waals surface area contributed by atoms with Crippen LogP contribution in [0.25, 0.3) is 0 Å². The van der Waals surface area contributed by atoms with E-state index in [1.807, 2.05) is 75.4 Å². The highest BCUT2D eigenvalue weighted by atomic mass is 16.7. The Hall–Kier alpha value is -3.74. The number of benzene rings is 2. The molecule has 37 heavy (non-hydrogen) atoms. The maximum atomic E-state index is 13.6. The van der Waals surface area contributed by atoms with Gasteiger partial charge in [0, 0.05) is 18.2 Å². The molecule has 0 fully saturated rings. The second-order valence-electron chi connectivity index (χ2n) is 9.78. The molecule has 0 N–H and O–H groups in total. The summed E-state index contributed by atoms with van der Waals surface area (Å²) in [5.41, 5.74) is 2.71. The first-order valence-corrected chi connectivity index (χ1v) is 13.0. The minimum atomic E-state index is -0.159. The van der Waals surface area contributed by atoms with E-state index in [0.717, 1.165) is 30.6 Å². The van der Waals surface area contributed by atoms with E-state index >= 15 is 0 Å². The number of unbranched alkanes of at least 4 members (excludes halogenated alkanes) is 1. The molecule has 3 aromatic rings. The summed E-state index contributed by atoms with van der Waals surface area (Å²) in [7, 11) is 0. The number of amides is 2. The van der Waals surface area contributed by atoms with Gasteiger partial charge in [-0.05, 0) is 81.1 Å². The molecule has 2 aromatic carbocycles. The lowest BCUT2D eigenvalue weighted by Crippen LogP contribution is -2.45. The third kappa shape index (κ3) is 6.73. The molecule has 2 heterocycles. The predicted molar refractivity (Wildman–Crippen MR) is 141 cm³/mol. The number of nitrogens with zero attached hydrogens (tertiary/aromatic N) is 2. The predicted octanol–water partition coefficient (Wildman–Crippen LogP) is 5.74. The van der Waals surface area contributed by atoms with Gasteiger partial charge in [-0.15, -0.1) is 0 Å². The van der Waals surface area contributed by atoms with Crippen molar-refractivity contribution in [3.8, 4) is 11.5 Å². The number of hydrogen-bond acceptors (Lipinski definition) is 5. The lowest BCUT2D eigenvalue weighted by atomic mass is 10.1. The summed E-state index contributed by atoms with van der Waals surface area (Å²) < 4.78 is 16.7. The van der Waals surface area contributed by atoms with Crippen molar-refractivity contribution >= 4 is 11.8 Å². The van der Waals surface area contributed by atoms with E-state index in [1.165, 1.54) is 5.56 Å². The topological polar surface area (TPSA) is 72.2 Å². The van der Waals surface area contributed by atoms with Crippen LogP contribution in [0.2, 0.25) is 0 Å². The average molecular weight is 505 g/mol. The van der Waals surface area contributed by atoms with E-state index in [0.29, 0.717) is 35.9 Å². The molecule has 7 heteroatoms. The van der Waals surface area contributed by atoms with Crippen LogP contribution >= 0.6 is 0 Å². The maximum absolute atomic E-state index is 13.6. The van der Waals surface area contributed by atoms with Gasteiger partial charge in [-0.25, -0.2) is 0 Å². The molecule has 7 nitrogen and oxygen atoms in total. The Balaban J connectivity index is 1.51. The minimum absolute atomic E-state index is 0.0294. The van der Waals surface area contributed by atoms with Crippen LogP contribution in [0.3, 0.4) is 0 Å². The van der Waals surface area contributed by atoms with Crippen LogP contribution < -0.4 is 9.47 Å². The zero-order chi connectivity index (χ0) is 26.4. The van der Waals surface area contributed by atoms with E-state index < -0.39 is 0 Å². The highest BCUT2D eigenvalue weighted by molar-refractivity contribution is 5.96. The summed E-state index contributed by atoms with van der Waals surface area (Å²) in [5, 5.41) is 0. The number of furan rings is 1.